The van der Waals surface area contributed by atoms with Gasteiger partial charge in [-0.3, -0.25) is 9.59 Å². The van der Waals surface area contributed by atoms with Crippen molar-refractivity contribution in [1.82, 2.24) is 5.32 Å². The Balaban J connectivity index is 2.57. The SMILES string of the molecule is CCc1ccccc1NC(=O)C(=O)NCC(C)(C)CCO. The topological polar surface area (TPSA) is 78.4 Å². The van der Waals surface area contributed by atoms with Crippen molar-refractivity contribution in [3.8, 4) is 0 Å². The van der Waals surface area contributed by atoms with Crippen molar-refractivity contribution < 1.29 is 14.7 Å². The van der Waals surface area contributed by atoms with Gasteiger partial charge in [-0.2, -0.15) is 0 Å². The molecule has 0 saturated carbocycles. The number of nitrogens with one attached hydrogen (secondary N) is 2. The van der Waals surface area contributed by atoms with Gasteiger partial charge in [0.2, 0.25) is 0 Å². The normalized spacial score (nSPS) is 11.0. The third-order valence-corrected chi connectivity index (χ3v) is 3.37. The number of hydrogen-bond donors (Lipinski definition) is 3. The molecule has 0 unspecified atom stereocenters. The number of para-hydroxylation sites is 1. The Hall–Kier alpha value is -1.88. The summed E-state index contributed by atoms with van der Waals surface area (Å²) in [6.45, 7) is 6.23. The number of amides is 2. The predicted molar refractivity (Wildman–Crippen MR) is 82.9 cm³/mol. The summed E-state index contributed by atoms with van der Waals surface area (Å²) in [5.41, 5.74) is 1.40. The summed E-state index contributed by atoms with van der Waals surface area (Å²) >= 11 is 0. The highest BCUT2D eigenvalue weighted by molar-refractivity contribution is 6.39. The minimum absolute atomic E-state index is 0.0545. The van der Waals surface area contributed by atoms with Gasteiger partial charge < -0.3 is 15.7 Å². The number of benzene rings is 1. The summed E-state index contributed by atoms with van der Waals surface area (Å²) < 4.78 is 0. The molecule has 0 saturated heterocycles. The van der Waals surface area contributed by atoms with Crippen LogP contribution >= 0.6 is 0 Å². The van der Waals surface area contributed by atoms with Crippen molar-refractivity contribution in [2.75, 3.05) is 18.5 Å². The number of rotatable bonds is 6. The molecule has 116 valence electrons. The van der Waals surface area contributed by atoms with Crippen molar-refractivity contribution in [3.05, 3.63) is 29.8 Å². The van der Waals surface area contributed by atoms with Crippen molar-refractivity contribution in [2.24, 2.45) is 5.41 Å². The first-order valence-electron chi connectivity index (χ1n) is 7.17. The Morgan fingerprint density at radius 3 is 2.48 bits per heavy atom. The zero-order valence-electron chi connectivity index (χ0n) is 12.9. The Kier molecular flexibility index (Phi) is 6.37. The van der Waals surface area contributed by atoms with Crippen molar-refractivity contribution in [2.45, 2.75) is 33.6 Å². The maximum absolute atomic E-state index is 11.9. The second-order valence-electron chi connectivity index (χ2n) is 5.79. The Morgan fingerprint density at radius 2 is 1.86 bits per heavy atom. The zero-order valence-corrected chi connectivity index (χ0v) is 12.9. The van der Waals surface area contributed by atoms with Gasteiger partial charge in [-0.1, -0.05) is 39.0 Å². The molecule has 0 aliphatic carbocycles. The average molecular weight is 292 g/mol. The van der Waals surface area contributed by atoms with E-state index in [0.29, 0.717) is 18.7 Å². The zero-order chi connectivity index (χ0) is 15.9. The molecule has 0 aliphatic rings. The number of hydrogen-bond acceptors (Lipinski definition) is 3. The van der Waals surface area contributed by atoms with Gasteiger partial charge in [0.15, 0.2) is 0 Å². The van der Waals surface area contributed by atoms with Crippen LogP contribution in [0.2, 0.25) is 0 Å². The molecule has 1 aromatic rings. The summed E-state index contributed by atoms with van der Waals surface area (Å²) in [6.07, 6.45) is 1.34. The molecule has 0 spiro atoms. The van der Waals surface area contributed by atoms with E-state index in [-0.39, 0.29) is 12.0 Å². The van der Waals surface area contributed by atoms with Crippen LogP contribution in [0.5, 0.6) is 0 Å². The van der Waals surface area contributed by atoms with E-state index in [1.165, 1.54) is 0 Å². The molecule has 1 rings (SSSR count). The largest absolute Gasteiger partial charge is 0.396 e. The van der Waals surface area contributed by atoms with Crippen molar-refractivity contribution in [1.29, 1.82) is 0 Å². The maximum atomic E-state index is 11.9. The molecule has 0 radical (unpaired) electrons. The molecule has 2 amide bonds. The Labute approximate surface area is 125 Å². The van der Waals surface area contributed by atoms with Crippen LogP contribution in [0.4, 0.5) is 5.69 Å². The van der Waals surface area contributed by atoms with Gasteiger partial charge in [0.1, 0.15) is 0 Å². The Morgan fingerprint density at radius 1 is 1.19 bits per heavy atom. The average Bonchev–Trinajstić information content (AvgIpc) is 2.45. The standard InChI is InChI=1S/C16H24N2O3/c1-4-12-7-5-6-8-13(12)18-15(21)14(20)17-11-16(2,3)9-10-19/h5-8,19H,4,9-11H2,1-3H3,(H,17,20)(H,18,21). The molecule has 0 heterocycles. The Bertz CT molecular complexity index is 498. The third kappa shape index (κ3) is 5.55. The quantitative estimate of drug-likeness (QED) is 0.698. The molecule has 0 aromatic heterocycles. The van der Waals surface area contributed by atoms with Crippen LogP contribution in [-0.2, 0) is 16.0 Å². The first-order valence-corrected chi connectivity index (χ1v) is 7.17. The smallest absolute Gasteiger partial charge is 0.313 e. The number of carbonyl (C=O) groups is 2. The molecule has 5 nitrogen and oxygen atoms in total. The summed E-state index contributed by atoms with van der Waals surface area (Å²) in [4.78, 5) is 23.7. The number of aliphatic hydroxyl groups excluding tert-OH is 1. The van der Waals surface area contributed by atoms with Crippen LogP contribution in [0.25, 0.3) is 0 Å². The number of aliphatic hydroxyl groups is 1. The highest BCUT2D eigenvalue weighted by Crippen LogP contribution is 2.18. The van der Waals surface area contributed by atoms with Crippen LogP contribution in [0, 0.1) is 5.41 Å². The van der Waals surface area contributed by atoms with E-state index >= 15 is 0 Å². The predicted octanol–water partition coefficient (Wildman–Crippen LogP) is 1.71. The van der Waals surface area contributed by atoms with E-state index in [2.05, 4.69) is 10.6 Å². The molecule has 0 bridgehead atoms. The fourth-order valence-electron chi connectivity index (χ4n) is 1.92. The first kappa shape index (κ1) is 17.2. The van der Waals surface area contributed by atoms with Gasteiger partial charge in [-0.05, 0) is 29.9 Å². The third-order valence-electron chi connectivity index (χ3n) is 3.37. The van der Waals surface area contributed by atoms with Gasteiger partial charge in [-0.15, -0.1) is 0 Å². The lowest BCUT2D eigenvalue weighted by molar-refractivity contribution is -0.136. The van der Waals surface area contributed by atoms with Gasteiger partial charge >= 0.3 is 11.8 Å². The lowest BCUT2D eigenvalue weighted by Gasteiger charge is -2.23. The van der Waals surface area contributed by atoms with E-state index in [4.69, 9.17) is 5.11 Å². The highest BCUT2D eigenvalue weighted by atomic mass is 16.3. The lowest BCUT2D eigenvalue weighted by Crippen LogP contribution is -2.40. The first-order chi connectivity index (χ1) is 9.89. The van der Waals surface area contributed by atoms with Crippen LogP contribution in [0.1, 0.15) is 32.8 Å². The van der Waals surface area contributed by atoms with E-state index in [1.807, 2.05) is 39.0 Å². The number of anilines is 1. The van der Waals surface area contributed by atoms with Gasteiger partial charge in [0.25, 0.3) is 0 Å². The van der Waals surface area contributed by atoms with Gasteiger partial charge in [0.05, 0.1) is 0 Å². The number of carbonyl (C=O) groups excluding carboxylic acids is 2. The second-order valence-corrected chi connectivity index (χ2v) is 5.79. The fraction of sp³-hybridized carbons (Fsp3) is 0.500. The monoisotopic (exact) mass is 292 g/mol. The molecule has 0 aliphatic heterocycles. The second kappa shape index (κ2) is 7.78. The molecule has 0 fully saturated rings. The van der Waals surface area contributed by atoms with E-state index in [9.17, 15) is 9.59 Å². The molecule has 5 heteroatoms. The highest BCUT2D eigenvalue weighted by Gasteiger charge is 2.21. The molecule has 21 heavy (non-hydrogen) atoms. The molecular formula is C16H24N2O3. The minimum atomic E-state index is -0.671. The van der Waals surface area contributed by atoms with Crippen LogP contribution in [0.3, 0.4) is 0 Å². The van der Waals surface area contributed by atoms with Crippen LogP contribution < -0.4 is 10.6 Å². The summed E-state index contributed by atoms with van der Waals surface area (Å²) in [5, 5.41) is 14.2. The lowest BCUT2D eigenvalue weighted by atomic mass is 9.90. The van der Waals surface area contributed by atoms with Gasteiger partial charge in [0, 0.05) is 18.8 Å². The van der Waals surface area contributed by atoms with E-state index < -0.39 is 11.8 Å². The van der Waals surface area contributed by atoms with E-state index in [1.54, 1.807) is 6.07 Å². The number of aryl methyl sites for hydroxylation is 1. The molecular weight excluding hydrogens is 268 g/mol. The molecule has 0 atom stereocenters. The minimum Gasteiger partial charge on any atom is -0.396 e. The fourth-order valence-corrected chi connectivity index (χ4v) is 1.92. The molecule has 3 N–H and O–H groups in total. The summed E-state index contributed by atoms with van der Waals surface area (Å²) in [7, 11) is 0. The molecule has 1 aromatic carbocycles. The maximum Gasteiger partial charge on any atom is 0.313 e. The van der Waals surface area contributed by atoms with Crippen LogP contribution in [-0.4, -0.2) is 30.1 Å². The summed E-state index contributed by atoms with van der Waals surface area (Å²) in [6, 6.07) is 7.40. The summed E-state index contributed by atoms with van der Waals surface area (Å²) in [5.74, 6) is -1.33. The van der Waals surface area contributed by atoms with Gasteiger partial charge in [-0.25, -0.2) is 0 Å². The van der Waals surface area contributed by atoms with Crippen molar-refractivity contribution in [3.63, 3.8) is 0 Å². The van der Waals surface area contributed by atoms with E-state index in [0.717, 1.165) is 12.0 Å². The van der Waals surface area contributed by atoms with Crippen molar-refractivity contribution >= 4 is 17.5 Å². The van der Waals surface area contributed by atoms with Crippen LogP contribution in [0.15, 0.2) is 24.3 Å².